The van der Waals surface area contributed by atoms with Crippen molar-refractivity contribution in [2.24, 2.45) is 0 Å². The second-order valence-corrected chi connectivity index (χ2v) is 5.28. The average molecular weight is 337 g/mol. The third-order valence-corrected chi connectivity index (χ3v) is 3.54. The highest BCUT2D eigenvalue weighted by atomic mass is 16.5. The number of Topliss-reactive ketones (excluding diaryl/α,β-unsaturated/α-hetero) is 1. The van der Waals surface area contributed by atoms with Crippen LogP contribution < -0.4 is 4.74 Å². The summed E-state index contributed by atoms with van der Waals surface area (Å²) in [5.74, 6) is -0.966. The van der Waals surface area contributed by atoms with Gasteiger partial charge in [-0.25, -0.2) is 9.78 Å². The number of benzene rings is 1. The summed E-state index contributed by atoms with van der Waals surface area (Å²) < 4.78 is 5.81. The summed E-state index contributed by atoms with van der Waals surface area (Å²) in [7, 11) is 0. The number of ether oxygens (including phenoxy) is 1. The number of carboxylic acids is 1. The van der Waals surface area contributed by atoms with Crippen LogP contribution in [-0.2, 0) is 17.8 Å². The lowest BCUT2D eigenvalue weighted by molar-refractivity contribution is -0.131. The van der Waals surface area contributed by atoms with Gasteiger partial charge in [0.05, 0.1) is 12.1 Å². The molecule has 0 fully saturated rings. The fourth-order valence-corrected chi connectivity index (χ4v) is 2.28. The Morgan fingerprint density at radius 3 is 2.56 bits per heavy atom. The van der Waals surface area contributed by atoms with E-state index >= 15 is 0 Å². The van der Waals surface area contributed by atoms with Crippen molar-refractivity contribution >= 4 is 11.8 Å². The van der Waals surface area contributed by atoms with Crippen LogP contribution in [0.25, 0.3) is 0 Å². The Kier molecular flexibility index (Phi) is 4.84. The molecule has 126 valence electrons. The smallest absolute Gasteiger partial charge is 0.377 e. The molecule has 0 atom stereocenters. The lowest BCUT2D eigenvalue weighted by atomic mass is 10.1. The van der Waals surface area contributed by atoms with Gasteiger partial charge in [0, 0.05) is 24.2 Å². The molecule has 0 aliphatic rings. The van der Waals surface area contributed by atoms with Crippen molar-refractivity contribution in [3.05, 3.63) is 77.6 Å². The van der Waals surface area contributed by atoms with Gasteiger partial charge in [-0.2, -0.15) is 0 Å². The zero-order valence-electron chi connectivity index (χ0n) is 13.2. The van der Waals surface area contributed by atoms with Crippen LogP contribution in [0.3, 0.4) is 0 Å². The van der Waals surface area contributed by atoms with Crippen LogP contribution in [0.1, 0.15) is 27.4 Å². The molecule has 0 amide bonds. The van der Waals surface area contributed by atoms with Gasteiger partial charge in [0.25, 0.3) is 5.78 Å². The average Bonchev–Trinajstić information content (AvgIpc) is 3.14. The first-order chi connectivity index (χ1) is 12.1. The topological polar surface area (TPSA) is 105 Å². The standard InChI is InChI=1S/C18H15N3O4/c22-17(18(23)24)13-5-3-12(4-6-13)11-25-15-2-1-7-19-14(15)10-16-20-8-9-21-16/h1-9H,10-11H2,(H,20,21)(H,23,24). The van der Waals surface area contributed by atoms with Gasteiger partial charge in [-0.1, -0.05) is 24.3 Å². The highest BCUT2D eigenvalue weighted by Crippen LogP contribution is 2.19. The molecule has 0 unspecified atom stereocenters. The summed E-state index contributed by atoms with van der Waals surface area (Å²) in [6.07, 6.45) is 5.64. The summed E-state index contributed by atoms with van der Waals surface area (Å²) in [5.41, 5.74) is 1.71. The summed E-state index contributed by atoms with van der Waals surface area (Å²) in [4.78, 5) is 33.6. The van der Waals surface area contributed by atoms with Crippen LogP contribution >= 0.6 is 0 Å². The quantitative estimate of drug-likeness (QED) is 0.506. The third kappa shape index (κ3) is 4.08. The number of hydrogen-bond acceptors (Lipinski definition) is 5. The predicted molar refractivity (Wildman–Crippen MR) is 88.4 cm³/mol. The Balaban J connectivity index is 1.67. The highest BCUT2D eigenvalue weighted by Gasteiger charge is 2.14. The number of hydrogen-bond donors (Lipinski definition) is 2. The number of carbonyl (C=O) groups is 2. The van der Waals surface area contributed by atoms with Crippen molar-refractivity contribution in [1.82, 2.24) is 15.0 Å². The number of rotatable bonds is 7. The molecule has 0 aliphatic carbocycles. The fraction of sp³-hybridized carbons (Fsp3) is 0.111. The number of nitrogens with one attached hydrogen (secondary N) is 1. The molecule has 0 bridgehead atoms. The minimum absolute atomic E-state index is 0.135. The maximum atomic E-state index is 11.4. The van der Waals surface area contributed by atoms with E-state index in [1.165, 1.54) is 12.1 Å². The van der Waals surface area contributed by atoms with Gasteiger partial charge in [0.2, 0.25) is 0 Å². The third-order valence-electron chi connectivity index (χ3n) is 3.54. The molecule has 0 aliphatic heterocycles. The molecule has 7 heteroatoms. The van der Waals surface area contributed by atoms with Gasteiger partial charge < -0.3 is 14.8 Å². The van der Waals surface area contributed by atoms with Crippen molar-refractivity contribution < 1.29 is 19.4 Å². The Morgan fingerprint density at radius 1 is 1.08 bits per heavy atom. The van der Waals surface area contributed by atoms with E-state index < -0.39 is 11.8 Å². The number of aliphatic carboxylic acids is 1. The van der Waals surface area contributed by atoms with Crippen LogP contribution in [0, 0.1) is 0 Å². The van der Waals surface area contributed by atoms with Crippen LogP contribution in [-0.4, -0.2) is 31.8 Å². The molecule has 2 aromatic heterocycles. The number of ketones is 1. The van der Waals surface area contributed by atoms with Gasteiger partial charge in [-0.05, 0) is 17.7 Å². The molecule has 2 N–H and O–H groups in total. The van der Waals surface area contributed by atoms with E-state index in [-0.39, 0.29) is 12.2 Å². The number of carbonyl (C=O) groups excluding carboxylic acids is 1. The molecule has 2 heterocycles. The van der Waals surface area contributed by atoms with E-state index in [2.05, 4.69) is 15.0 Å². The molecule has 0 saturated carbocycles. The number of aromatic amines is 1. The highest BCUT2D eigenvalue weighted by molar-refractivity contribution is 6.39. The number of imidazole rings is 1. The zero-order chi connectivity index (χ0) is 17.6. The first kappa shape index (κ1) is 16.4. The van der Waals surface area contributed by atoms with Gasteiger partial charge in [0.1, 0.15) is 18.2 Å². The number of pyridine rings is 1. The lowest BCUT2D eigenvalue weighted by Gasteiger charge is -2.10. The van der Waals surface area contributed by atoms with Crippen LogP contribution in [0.5, 0.6) is 5.75 Å². The van der Waals surface area contributed by atoms with Gasteiger partial charge in [-0.15, -0.1) is 0 Å². The maximum absolute atomic E-state index is 11.4. The largest absolute Gasteiger partial charge is 0.487 e. The van der Waals surface area contributed by atoms with Crippen LogP contribution in [0.4, 0.5) is 0 Å². The molecule has 0 radical (unpaired) electrons. The van der Waals surface area contributed by atoms with E-state index in [1.54, 1.807) is 36.8 Å². The Labute approximate surface area is 143 Å². The van der Waals surface area contributed by atoms with Crippen LogP contribution in [0.15, 0.2) is 55.0 Å². The molecule has 0 spiro atoms. The second kappa shape index (κ2) is 7.39. The van der Waals surface area contributed by atoms with E-state index in [1.807, 2.05) is 6.07 Å². The summed E-state index contributed by atoms with van der Waals surface area (Å²) in [5, 5.41) is 8.70. The number of aromatic nitrogens is 3. The van der Waals surface area contributed by atoms with Crippen molar-refractivity contribution in [1.29, 1.82) is 0 Å². The van der Waals surface area contributed by atoms with Crippen LogP contribution in [0.2, 0.25) is 0 Å². The summed E-state index contributed by atoms with van der Waals surface area (Å²) >= 11 is 0. The molecule has 3 rings (SSSR count). The van der Waals surface area contributed by atoms with E-state index in [9.17, 15) is 9.59 Å². The fourth-order valence-electron chi connectivity index (χ4n) is 2.28. The Hall–Kier alpha value is -3.48. The predicted octanol–water partition coefficient (Wildman–Crippen LogP) is 2.24. The second-order valence-electron chi connectivity index (χ2n) is 5.28. The lowest BCUT2D eigenvalue weighted by Crippen LogP contribution is -2.12. The zero-order valence-corrected chi connectivity index (χ0v) is 13.2. The van der Waals surface area contributed by atoms with Gasteiger partial charge >= 0.3 is 5.97 Å². The van der Waals surface area contributed by atoms with E-state index in [0.29, 0.717) is 12.2 Å². The van der Waals surface area contributed by atoms with Crippen molar-refractivity contribution in [2.45, 2.75) is 13.0 Å². The monoisotopic (exact) mass is 337 g/mol. The number of H-pyrrole nitrogens is 1. The number of carboxylic acid groups (broad SMARTS) is 1. The minimum atomic E-state index is -1.47. The Bertz CT molecular complexity index is 874. The maximum Gasteiger partial charge on any atom is 0.377 e. The molecule has 25 heavy (non-hydrogen) atoms. The number of nitrogens with zero attached hydrogens (tertiary/aromatic N) is 2. The van der Waals surface area contributed by atoms with Crippen molar-refractivity contribution in [3.8, 4) is 5.75 Å². The molecular weight excluding hydrogens is 322 g/mol. The molecule has 7 nitrogen and oxygen atoms in total. The molecular formula is C18H15N3O4. The molecule has 3 aromatic rings. The van der Waals surface area contributed by atoms with Crippen molar-refractivity contribution in [2.75, 3.05) is 0 Å². The molecule has 1 aromatic carbocycles. The Morgan fingerprint density at radius 2 is 1.88 bits per heavy atom. The van der Waals surface area contributed by atoms with E-state index in [0.717, 1.165) is 17.1 Å². The minimum Gasteiger partial charge on any atom is -0.487 e. The summed E-state index contributed by atoms with van der Waals surface area (Å²) in [6.45, 7) is 0.276. The normalized spacial score (nSPS) is 10.4. The van der Waals surface area contributed by atoms with Gasteiger partial charge in [0.15, 0.2) is 0 Å². The summed E-state index contributed by atoms with van der Waals surface area (Å²) in [6, 6.07) is 9.89. The SMILES string of the molecule is O=C(O)C(=O)c1ccc(COc2cccnc2Cc2ncc[nH]2)cc1. The molecule has 0 saturated heterocycles. The van der Waals surface area contributed by atoms with Crippen molar-refractivity contribution in [3.63, 3.8) is 0 Å². The first-order valence-electron chi connectivity index (χ1n) is 7.55. The van der Waals surface area contributed by atoms with Gasteiger partial charge in [-0.3, -0.25) is 9.78 Å². The first-order valence-corrected chi connectivity index (χ1v) is 7.55. The van der Waals surface area contributed by atoms with E-state index in [4.69, 9.17) is 9.84 Å².